The molecule has 0 amide bonds. The van der Waals surface area contributed by atoms with Gasteiger partial charge in [0.15, 0.2) is 11.6 Å². The Balaban J connectivity index is 2.68. The number of hydrogen-bond donors (Lipinski definition) is 0. The lowest BCUT2D eigenvalue weighted by molar-refractivity contribution is -0.140. The molecule has 0 radical (unpaired) electrons. The second-order valence-corrected chi connectivity index (χ2v) is 3.83. The summed E-state index contributed by atoms with van der Waals surface area (Å²) in [6.07, 6.45) is -4.51. The van der Waals surface area contributed by atoms with Gasteiger partial charge < -0.3 is 4.57 Å². The quantitative estimate of drug-likeness (QED) is 0.614. The Hall–Kier alpha value is -1.92. The summed E-state index contributed by atoms with van der Waals surface area (Å²) < 4.78 is 51.0. The molecule has 1 aromatic carbocycles. The van der Waals surface area contributed by atoms with Crippen molar-refractivity contribution in [2.24, 2.45) is 0 Å². The third kappa shape index (κ3) is 2.34. The van der Waals surface area contributed by atoms with Crippen molar-refractivity contribution < 1.29 is 22.4 Å². The number of carbonyl (C=O) groups is 1. The molecule has 96 valence electrons. The van der Waals surface area contributed by atoms with Crippen LogP contribution in [0.1, 0.15) is 17.5 Å². The summed E-state index contributed by atoms with van der Waals surface area (Å²) in [7, 11) is 0. The third-order valence-electron chi connectivity index (χ3n) is 2.36. The molecule has 1 heterocycles. The molecule has 2 aromatic rings. The molecule has 0 aliphatic rings. The van der Waals surface area contributed by atoms with Crippen LogP contribution >= 0.6 is 0 Å². The molecule has 0 aliphatic carbocycles. The van der Waals surface area contributed by atoms with Crippen molar-refractivity contribution in [1.29, 1.82) is 0 Å². The Bertz CT molecular complexity index is 615. The van der Waals surface area contributed by atoms with Crippen molar-refractivity contribution in [2.45, 2.75) is 19.6 Å². The number of ketones is 1. The Labute approximate surface area is 99.0 Å². The zero-order valence-electron chi connectivity index (χ0n) is 9.25. The molecule has 7 heteroatoms. The van der Waals surface area contributed by atoms with Gasteiger partial charge in [-0.05, 0) is 18.2 Å². The smallest absolute Gasteiger partial charge is 0.312 e. The number of benzene rings is 1. The van der Waals surface area contributed by atoms with Gasteiger partial charge in [0.25, 0.3) is 0 Å². The molecular weight excluding hydrogens is 252 g/mol. The van der Waals surface area contributed by atoms with Crippen LogP contribution in [0.15, 0.2) is 18.2 Å². The van der Waals surface area contributed by atoms with E-state index in [1.54, 1.807) is 0 Å². The van der Waals surface area contributed by atoms with Crippen LogP contribution < -0.4 is 0 Å². The van der Waals surface area contributed by atoms with Crippen LogP contribution in [0.3, 0.4) is 0 Å². The topological polar surface area (TPSA) is 34.9 Å². The standard InChI is InChI=1S/C11H8F4N2O/c1-6(18)10-16-8-3-2-7(12)4-9(8)17(10)5-11(13,14)15/h2-4H,5H2,1H3. The van der Waals surface area contributed by atoms with E-state index in [0.717, 1.165) is 19.1 Å². The van der Waals surface area contributed by atoms with Gasteiger partial charge in [0.05, 0.1) is 11.0 Å². The van der Waals surface area contributed by atoms with Gasteiger partial charge in [-0.1, -0.05) is 0 Å². The summed E-state index contributed by atoms with van der Waals surface area (Å²) >= 11 is 0. The molecule has 0 aliphatic heterocycles. The van der Waals surface area contributed by atoms with Crippen molar-refractivity contribution in [3.8, 4) is 0 Å². The molecule has 0 atom stereocenters. The van der Waals surface area contributed by atoms with Crippen LogP contribution in [-0.2, 0) is 6.54 Å². The summed E-state index contributed by atoms with van der Waals surface area (Å²) in [5.74, 6) is -1.61. The summed E-state index contributed by atoms with van der Waals surface area (Å²) in [4.78, 5) is 15.0. The number of nitrogens with zero attached hydrogens (tertiary/aromatic N) is 2. The lowest BCUT2D eigenvalue weighted by Crippen LogP contribution is -2.20. The number of fused-ring (bicyclic) bond motifs is 1. The van der Waals surface area contributed by atoms with E-state index in [4.69, 9.17) is 0 Å². The van der Waals surface area contributed by atoms with Gasteiger partial charge in [-0.15, -0.1) is 0 Å². The zero-order chi connectivity index (χ0) is 13.5. The number of Topliss-reactive ketones (excluding diaryl/α,β-unsaturated/α-hetero) is 1. The molecule has 0 saturated carbocycles. The Kier molecular flexibility index (Phi) is 2.84. The van der Waals surface area contributed by atoms with E-state index in [-0.39, 0.29) is 16.9 Å². The van der Waals surface area contributed by atoms with Gasteiger partial charge >= 0.3 is 6.18 Å². The highest BCUT2D eigenvalue weighted by Gasteiger charge is 2.31. The maximum Gasteiger partial charge on any atom is 0.406 e. The number of carbonyl (C=O) groups excluding carboxylic acids is 1. The maximum absolute atomic E-state index is 13.1. The molecule has 0 spiro atoms. The highest BCUT2D eigenvalue weighted by atomic mass is 19.4. The van der Waals surface area contributed by atoms with E-state index in [1.807, 2.05) is 0 Å². The highest BCUT2D eigenvalue weighted by Crippen LogP contribution is 2.24. The second-order valence-electron chi connectivity index (χ2n) is 3.83. The average Bonchev–Trinajstić information content (AvgIpc) is 2.55. The van der Waals surface area contributed by atoms with Gasteiger partial charge in [-0.2, -0.15) is 13.2 Å². The SMILES string of the molecule is CC(=O)c1nc2ccc(F)cc2n1CC(F)(F)F. The molecule has 3 nitrogen and oxygen atoms in total. The number of alkyl halides is 3. The Morgan fingerprint density at radius 1 is 1.39 bits per heavy atom. The second kappa shape index (κ2) is 4.08. The van der Waals surface area contributed by atoms with Crippen molar-refractivity contribution in [3.63, 3.8) is 0 Å². The molecule has 0 bridgehead atoms. The van der Waals surface area contributed by atoms with Crippen LogP contribution in [0.5, 0.6) is 0 Å². The summed E-state index contributed by atoms with van der Waals surface area (Å²) in [5.41, 5.74) is 0.114. The first-order valence-corrected chi connectivity index (χ1v) is 5.01. The van der Waals surface area contributed by atoms with Crippen LogP contribution in [-0.4, -0.2) is 21.5 Å². The summed E-state index contributed by atoms with van der Waals surface area (Å²) in [6.45, 7) is -0.258. The van der Waals surface area contributed by atoms with E-state index in [1.165, 1.54) is 6.07 Å². The van der Waals surface area contributed by atoms with Crippen LogP contribution in [0.4, 0.5) is 17.6 Å². The lowest BCUT2D eigenvalue weighted by atomic mass is 10.3. The van der Waals surface area contributed by atoms with Gasteiger partial charge in [-0.25, -0.2) is 9.37 Å². The fourth-order valence-corrected chi connectivity index (χ4v) is 1.70. The maximum atomic E-state index is 13.1. The minimum absolute atomic E-state index is 0.0440. The van der Waals surface area contributed by atoms with Gasteiger partial charge in [0, 0.05) is 6.92 Å². The number of halogens is 4. The number of hydrogen-bond acceptors (Lipinski definition) is 2. The third-order valence-corrected chi connectivity index (χ3v) is 2.36. The average molecular weight is 260 g/mol. The van der Waals surface area contributed by atoms with Gasteiger partial charge in [-0.3, -0.25) is 4.79 Å². The van der Waals surface area contributed by atoms with Crippen molar-refractivity contribution in [1.82, 2.24) is 9.55 Å². The molecule has 1 aromatic heterocycles. The predicted molar refractivity (Wildman–Crippen MR) is 55.8 cm³/mol. The molecule has 0 saturated heterocycles. The van der Waals surface area contributed by atoms with Crippen molar-refractivity contribution >= 4 is 16.8 Å². The normalized spacial score (nSPS) is 12.1. The Morgan fingerprint density at radius 2 is 2.06 bits per heavy atom. The molecule has 18 heavy (non-hydrogen) atoms. The number of aromatic nitrogens is 2. The highest BCUT2D eigenvalue weighted by molar-refractivity contribution is 5.94. The molecule has 0 fully saturated rings. The molecule has 0 N–H and O–H groups in total. The first kappa shape index (κ1) is 12.5. The molecule has 2 rings (SSSR count). The van der Waals surface area contributed by atoms with Crippen molar-refractivity contribution in [3.05, 3.63) is 29.8 Å². The molecular formula is C11H8F4N2O. The minimum Gasteiger partial charge on any atom is -0.312 e. The van der Waals surface area contributed by atoms with Crippen molar-refractivity contribution in [2.75, 3.05) is 0 Å². The van der Waals surface area contributed by atoms with E-state index in [9.17, 15) is 22.4 Å². The van der Waals surface area contributed by atoms with E-state index in [2.05, 4.69) is 4.98 Å². The predicted octanol–water partition coefficient (Wildman–Crippen LogP) is 2.94. The van der Waals surface area contributed by atoms with E-state index >= 15 is 0 Å². The van der Waals surface area contributed by atoms with Gasteiger partial charge in [0.2, 0.25) is 0 Å². The zero-order valence-corrected chi connectivity index (χ0v) is 9.25. The minimum atomic E-state index is -4.51. The van der Waals surface area contributed by atoms with E-state index < -0.39 is 24.3 Å². The first-order chi connectivity index (χ1) is 8.28. The van der Waals surface area contributed by atoms with Crippen LogP contribution in [0.2, 0.25) is 0 Å². The summed E-state index contributed by atoms with van der Waals surface area (Å²) in [5, 5.41) is 0. The molecule has 0 unspecified atom stereocenters. The lowest BCUT2D eigenvalue weighted by Gasteiger charge is -2.10. The van der Waals surface area contributed by atoms with E-state index in [0.29, 0.717) is 4.57 Å². The van der Waals surface area contributed by atoms with Crippen LogP contribution in [0, 0.1) is 5.82 Å². The number of rotatable bonds is 2. The fraction of sp³-hybridized carbons (Fsp3) is 0.273. The first-order valence-electron chi connectivity index (χ1n) is 5.01. The Morgan fingerprint density at radius 3 is 2.61 bits per heavy atom. The van der Waals surface area contributed by atoms with Crippen LogP contribution in [0.25, 0.3) is 11.0 Å². The number of imidazole rings is 1. The largest absolute Gasteiger partial charge is 0.406 e. The monoisotopic (exact) mass is 260 g/mol. The van der Waals surface area contributed by atoms with Gasteiger partial charge in [0.1, 0.15) is 12.4 Å². The summed E-state index contributed by atoms with van der Waals surface area (Å²) in [6, 6.07) is 3.25. The fourth-order valence-electron chi connectivity index (χ4n) is 1.70.